The van der Waals surface area contributed by atoms with Crippen LogP contribution in [0.1, 0.15) is 31.4 Å². The molecule has 7 nitrogen and oxygen atoms in total. The largest absolute Gasteiger partial charge is 0.382 e. The summed E-state index contributed by atoms with van der Waals surface area (Å²) in [4.78, 5) is 34.6. The monoisotopic (exact) mass is 321 g/mol. The number of rotatable bonds is 9. The number of hydrogen-bond acceptors (Lipinski definition) is 5. The van der Waals surface area contributed by atoms with Crippen molar-refractivity contribution in [2.75, 3.05) is 6.54 Å². The number of nitrogens with one attached hydrogen (secondary N) is 2. The Morgan fingerprint density at radius 1 is 1.30 bits per heavy atom. The van der Waals surface area contributed by atoms with Gasteiger partial charge in [0.1, 0.15) is 18.4 Å². The second-order valence-electron chi connectivity index (χ2n) is 5.21. The fraction of sp³-hybridized carbons (Fsp3) is 0.438. The first kappa shape index (κ1) is 18.8. The molecule has 23 heavy (non-hydrogen) atoms. The van der Waals surface area contributed by atoms with E-state index < -0.39 is 30.0 Å². The van der Waals surface area contributed by atoms with Gasteiger partial charge in [0.2, 0.25) is 5.91 Å². The third-order valence-corrected chi connectivity index (χ3v) is 3.33. The van der Waals surface area contributed by atoms with E-state index in [-0.39, 0.29) is 6.54 Å². The molecule has 2 amide bonds. The van der Waals surface area contributed by atoms with Crippen molar-refractivity contribution in [2.24, 2.45) is 5.73 Å². The maximum atomic E-state index is 11.8. The first-order chi connectivity index (χ1) is 11.0. The molecule has 0 aliphatic carbocycles. The van der Waals surface area contributed by atoms with Crippen molar-refractivity contribution >= 4 is 18.1 Å². The second kappa shape index (κ2) is 9.70. The SMILES string of the molecule is CCCC(N)C(O)C(=O)NCC(=O)N[C@H](C=O)c1ccccc1. The summed E-state index contributed by atoms with van der Waals surface area (Å²) in [6.45, 7) is 1.55. The maximum Gasteiger partial charge on any atom is 0.250 e. The number of aldehydes is 1. The quantitative estimate of drug-likeness (QED) is 0.463. The van der Waals surface area contributed by atoms with Crippen molar-refractivity contribution in [1.29, 1.82) is 0 Å². The summed E-state index contributed by atoms with van der Waals surface area (Å²) >= 11 is 0. The minimum atomic E-state index is -1.36. The normalized spacial score (nSPS) is 14.4. The molecule has 2 unspecified atom stereocenters. The van der Waals surface area contributed by atoms with Crippen molar-refractivity contribution in [3.05, 3.63) is 35.9 Å². The summed E-state index contributed by atoms with van der Waals surface area (Å²) < 4.78 is 0. The lowest BCUT2D eigenvalue weighted by atomic mass is 10.1. The maximum absolute atomic E-state index is 11.8. The fourth-order valence-electron chi connectivity index (χ4n) is 2.04. The van der Waals surface area contributed by atoms with Crippen LogP contribution in [0, 0.1) is 0 Å². The van der Waals surface area contributed by atoms with Crippen molar-refractivity contribution in [3.8, 4) is 0 Å². The van der Waals surface area contributed by atoms with Gasteiger partial charge in [-0.1, -0.05) is 43.7 Å². The number of nitrogens with two attached hydrogens (primary N) is 1. The van der Waals surface area contributed by atoms with Crippen molar-refractivity contribution in [2.45, 2.75) is 38.0 Å². The number of amides is 2. The average molecular weight is 321 g/mol. The van der Waals surface area contributed by atoms with Gasteiger partial charge in [-0.25, -0.2) is 0 Å². The highest BCUT2D eigenvalue weighted by atomic mass is 16.3. The van der Waals surface area contributed by atoms with Crippen LogP contribution >= 0.6 is 0 Å². The van der Waals surface area contributed by atoms with E-state index in [0.717, 1.165) is 6.42 Å². The third-order valence-electron chi connectivity index (χ3n) is 3.33. The topological polar surface area (TPSA) is 122 Å². The van der Waals surface area contributed by atoms with Crippen LogP contribution in [-0.2, 0) is 14.4 Å². The van der Waals surface area contributed by atoms with E-state index in [4.69, 9.17) is 5.73 Å². The van der Waals surface area contributed by atoms with E-state index in [0.29, 0.717) is 18.3 Å². The van der Waals surface area contributed by atoms with Crippen LogP contribution in [0.15, 0.2) is 30.3 Å². The first-order valence-electron chi connectivity index (χ1n) is 7.50. The Kier molecular flexibility index (Phi) is 7.93. The minimum Gasteiger partial charge on any atom is -0.382 e. The van der Waals surface area contributed by atoms with Crippen LogP contribution in [0.5, 0.6) is 0 Å². The number of aliphatic hydroxyl groups is 1. The van der Waals surface area contributed by atoms with Gasteiger partial charge in [0, 0.05) is 6.04 Å². The standard InChI is InChI=1S/C16H23N3O4/c1-2-6-12(17)15(22)16(23)18-9-14(21)19-13(10-20)11-7-4-3-5-8-11/h3-5,7-8,10,12-13,15,22H,2,6,9,17H2,1H3,(H,18,23)(H,19,21)/t12?,13-,15?/m1/s1. The molecule has 1 aromatic rings. The zero-order valence-electron chi connectivity index (χ0n) is 13.1. The van der Waals surface area contributed by atoms with Crippen LogP contribution in [0.4, 0.5) is 0 Å². The smallest absolute Gasteiger partial charge is 0.250 e. The van der Waals surface area contributed by atoms with Crippen molar-refractivity contribution in [3.63, 3.8) is 0 Å². The lowest BCUT2D eigenvalue weighted by Crippen LogP contribution is -2.49. The lowest BCUT2D eigenvalue weighted by molar-refractivity contribution is -0.133. The second-order valence-corrected chi connectivity index (χ2v) is 5.21. The lowest BCUT2D eigenvalue weighted by Gasteiger charge is -2.18. The molecule has 3 atom stereocenters. The van der Waals surface area contributed by atoms with Gasteiger partial charge >= 0.3 is 0 Å². The fourth-order valence-corrected chi connectivity index (χ4v) is 2.04. The Hall–Kier alpha value is -2.25. The Morgan fingerprint density at radius 3 is 2.52 bits per heavy atom. The number of carbonyl (C=O) groups excluding carboxylic acids is 3. The molecule has 0 aliphatic heterocycles. The van der Waals surface area contributed by atoms with E-state index in [1.54, 1.807) is 30.3 Å². The molecule has 126 valence electrons. The summed E-state index contributed by atoms with van der Waals surface area (Å²) in [5.74, 6) is -1.24. The molecule has 0 bridgehead atoms. The molecule has 0 saturated heterocycles. The van der Waals surface area contributed by atoms with Gasteiger partial charge in [-0.05, 0) is 12.0 Å². The Labute approximate surface area is 135 Å². The van der Waals surface area contributed by atoms with Gasteiger partial charge in [-0.15, -0.1) is 0 Å². The molecule has 0 aliphatic rings. The highest BCUT2D eigenvalue weighted by Crippen LogP contribution is 2.09. The molecule has 7 heteroatoms. The Balaban J connectivity index is 2.47. The number of hydrogen-bond donors (Lipinski definition) is 4. The summed E-state index contributed by atoms with van der Waals surface area (Å²) in [7, 11) is 0. The number of benzene rings is 1. The van der Waals surface area contributed by atoms with Gasteiger partial charge in [-0.2, -0.15) is 0 Å². The van der Waals surface area contributed by atoms with Gasteiger partial charge < -0.3 is 26.3 Å². The predicted molar refractivity (Wildman–Crippen MR) is 85.3 cm³/mol. The zero-order chi connectivity index (χ0) is 17.2. The molecule has 0 saturated carbocycles. The molecule has 1 rings (SSSR count). The third kappa shape index (κ3) is 6.17. The van der Waals surface area contributed by atoms with Crippen LogP contribution in [0.2, 0.25) is 0 Å². The van der Waals surface area contributed by atoms with E-state index in [9.17, 15) is 19.5 Å². The molecule has 0 aromatic heterocycles. The van der Waals surface area contributed by atoms with Gasteiger partial charge in [0.25, 0.3) is 5.91 Å². The molecule has 0 fully saturated rings. The van der Waals surface area contributed by atoms with Crippen LogP contribution in [-0.4, -0.2) is 41.9 Å². The molecule has 0 spiro atoms. The molecule has 0 heterocycles. The average Bonchev–Trinajstić information content (AvgIpc) is 2.57. The van der Waals surface area contributed by atoms with E-state index in [1.807, 2.05) is 6.92 Å². The molecular formula is C16H23N3O4. The Morgan fingerprint density at radius 2 is 1.96 bits per heavy atom. The van der Waals surface area contributed by atoms with E-state index >= 15 is 0 Å². The molecule has 0 radical (unpaired) electrons. The van der Waals surface area contributed by atoms with Crippen molar-refractivity contribution in [1.82, 2.24) is 10.6 Å². The molecular weight excluding hydrogens is 298 g/mol. The van der Waals surface area contributed by atoms with Crippen LogP contribution < -0.4 is 16.4 Å². The first-order valence-corrected chi connectivity index (χ1v) is 7.50. The molecule has 5 N–H and O–H groups in total. The summed E-state index contributed by atoms with van der Waals surface area (Å²) in [6.07, 6.45) is 0.492. The van der Waals surface area contributed by atoms with Crippen LogP contribution in [0.3, 0.4) is 0 Å². The minimum absolute atomic E-state index is 0.341. The predicted octanol–water partition coefficient (Wildman–Crippen LogP) is -0.353. The Bertz CT molecular complexity index is 521. The summed E-state index contributed by atoms with van der Waals surface area (Å²) in [5.41, 5.74) is 6.30. The van der Waals surface area contributed by atoms with Crippen LogP contribution in [0.25, 0.3) is 0 Å². The van der Waals surface area contributed by atoms with Gasteiger partial charge in [-0.3, -0.25) is 9.59 Å². The highest BCUT2D eigenvalue weighted by Gasteiger charge is 2.22. The highest BCUT2D eigenvalue weighted by molar-refractivity contribution is 5.88. The number of carbonyl (C=O) groups is 3. The molecule has 1 aromatic carbocycles. The van der Waals surface area contributed by atoms with Gasteiger partial charge in [0.15, 0.2) is 0 Å². The summed E-state index contributed by atoms with van der Waals surface area (Å²) in [5, 5.41) is 14.5. The number of aliphatic hydroxyl groups excluding tert-OH is 1. The van der Waals surface area contributed by atoms with E-state index in [1.165, 1.54) is 0 Å². The van der Waals surface area contributed by atoms with Gasteiger partial charge in [0.05, 0.1) is 6.54 Å². The summed E-state index contributed by atoms with van der Waals surface area (Å²) in [6, 6.07) is 7.28. The van der Waals surface area contributed by atoms with Crippen molar-refractivity contribution < 1.29 is 19.5 Å². The van der Waals surface area contributed by atoms with E-state index in [2.05, 4.69) is 10.6 Å². The zero-order valence-corrected chi connectivity index (χ0v) is 13.1.